The first-order valence-corrected chi connectivity index (χ1v) is 9.53. The Morgan fingerprint density at radius 2 is 2.00 bits per heavy atom. The average molecular weight is 459 g/mol. The van der Waals surface area contributed by atoms with Crippen LogP contribution in [0.4, 0.5) is 11.4 Å². The zero-order chi connectivity index (χ0) is 21.1. The molecule has 0 unspecified atom stereocenters. The first-order valence-electron chi connectivity index (χ1n) is 8.74. The summed E-state index contributed by atoms with van der Waals surface area (Å²) in [6.45, 7) is 5.82. The lowest BCUT2D eigenvalue weighted by molar-refractivity contribution is -0.384. The topological polar surface area (TPSA) is 99.3 Å². The van der Waals surface area contributed by atoms with E-state index in [2.05, 4.69) is 26.3 Å². The molecule has 3 rings (SSSR count). The largest absolute Gasteiger partial charge is 0.457 e. The van der Waals surface area contributed by atoms with Crippen molar-refractivity contribution in [3.8, 4) is 11.5 Å². The number of hydrogen-bond donors (Lipinski definition) is 1. The van der Waals surface area contributed by atoms with Crippen molar-refractivity contribution >= 4 is 33.2 Å². The molecule has 150 valence electrons. The summed E-state index contributed by atoms with van der Waals surface area (Å²) < 4.78 is 8.13. The highest BCUT2D eigenvalue weighted by molar-refractivity contribution is 9.10. The third kappa shape index (κ3) is 5.20. The molecule has 29 heavy (non-hydrogen) atoms. The summed E-state index contributed by atoms with van der Waals surface area (Å²) >= 11 is 3.26. The van der Waals surface area contributed by atoms with E-state index in [4.69, 9.17) is 4.74 Å². The fourth-order valence-electron chi connectivity index (χ4n) is 2.83. The summed E-state index contributed by atoms with van der Waals surface area (Å²) in [6.07, 6.45) is 3.23. The normalized spacial score (nSPS) is 10.6. The van der Waals surface area contributed by atoms with Crippen molar-refractivity contribution in [1.29, 1.82) is 0 Å². The maximum atomic E-state index is 12.3. The van der Waals surface area contributed by atoms with Crippen LogP contribution in [0.15, 0.2) is 47.2 Å². The van der Waals surface area contributed by atoms with Gasteiger partial charge < -0.3 is 10.1 Å². The van der Waals surface area contributed by atoms with Gasteiger partial charge in [0.1, 0.15) is 18.0 Å². The van der Waals surface area contributed by atoms with Gasteiger partial charge in [-0.1, -0.05) is 6.07 Å². The van der Waals surface area contributed by atoms with Crippen molar-refractivity contribution in [2.24, 2.45) is 0 Å². The van der Waals surface area contributed by atoms with Gasteiger partial charge in [0.05, 0.1) is 27.3 Å². The van der Waals surface area contributed by atoms with Gasteiger partial charge >= 0.3 is 0 Å². The second-order valence-corrected chi connectivity index (χ2v) is 7.60. The van der Waals surface area contributed by atoms with Gasteiger partial charge in [0.25, 0.3) is 5.69 Å². The minimum atomic E-state index is -0.526. The van der Waals surface area contributed by atoms with E-state index >= 15 is 0 Å². The minimum Gasteiger partial charge on any atom is -0.457 e. The fourth-order valence-corrected chi connectivity index (χ4v) is 3.15. The van der Waals surface area contributed by atoms with Crippen LogP contribution in [0.25, 0.3) is 0 Å². The monoisotopic (exact) mass is 458 g/mol. The standard InChI is InChI=1S/C20H19BrN4O4/c1-12-4-13(2)14(3)19(5-12)29-18-7-16(6-17(8-18)25(27)28)23-20(26)11-24-10-15(21)9-22-24/h4-10H,11H2,1-3H3,(H,23,26). The van der Waals surface area contributed by atoms with Crippen LogP contribution in [0.2, 0.25) is 0 Å². The molecule has 0 aliphatic heterocycles. The number of ether oxygens (including phenoxy) is 1. The number of aryl methyl sites for hydroxylation is 2. The number of nitro groups is 1. The van der Waals surface area contributed by atoms with Gasteiger partial charge in [0.2, 0.25) is 5.91 Å². The Kier molecular flexibility index (Phi) is 5.97. The third-order valence-electron chi connectivity index (χ3n) is 4.29. The van der Waals surface area contributed by atoms with Gasteiger partial charge in [-0.3, -0.25) is 19.6 Å². The number of nitrogens with one attached hydrogen (secondary N) is 1. The highest BCUT2D eigenvalue weighted by Gasteiger charge is 2.15. The molecule has 8 nitrogen and oxygen atoms in total. The van der Waals surface area contributed by atoms with Crippen molar-refractivity contribution in [1.82, 2.24) is 9.78 Å². The Labute approximate surface area is 175 Å². The molecule has 2 aromatic carbocycles. The van der Waals surface area contributed by atoms with E-state index in [1.807, 2.05) is 32.9 Å². The number of nitro benzene ring substituents is 1. The van der Waals surface area contributed by atoms with Crippen LogP contribution in [0, 0.1) is 30.9 Å². The van der Waals surface area contributed by atoms with Gasteiger partial charge in [0, 0.05) is 18.3 Å². The Hall–Kier alpha value is -3.20. The van der Waals surface area contributed by atoms with Crippen molar-refractivity contribution in [3.05, 3.63) is 74.0 Å². The Balaban J connectivity index is 1.86. The van der Waals surface area contributed by atoms with Crippen molar-refractivity contribution in [2.75, 3.05) is 5.32 Å². The number of non-ortho nitro benzene ring substituents is 1. The second-order valence-electron chi connectivity index (χ2n) is 6.68. The van der Waals surface area contributed by atoms with E-state index in [0.29, 0.717) is 5.75 Å². The number of hydrogen-bond acceptors (Lipinski definition) is 5. The zero-order valence-corrected chi connectivity index (χ0v) is 17.7. The smallest absolute Gasteiger partial charge is 0.275 e. The first-order chi connectivity index (χ1) is 13.7. The summed E-state index contributed by atoms with van der Waals surface area (Å²) in [4.78, 5) is 23.1. The molecular formula is C20H19BrN4O4. The summed E-state index contributed by atoms with van der Waals surface area (Å²) in [6, 6.07) is 8.08. The molecule has 0 saturated heterocycles. The number of carbonyl (C=O) groups excluding carboxylic acids is 1. The third-order valence-corrected chi connectivity index (χ3v) is 4.69. The molecule has 1 amide bonds. The molecule has 0 saturated carbocycles. The Bertz CT molecular complexity index is 1090. The molecule has 0 aliphatic carbocycles. The van der Waals surface area contributed by atoms with Crippen molar-refractivity contribution in [2.45, 2.75) is 27.3 Å². The summed E-state index contributed by atoms with van der Waals surface area (Å²) in [5.74, 6) is 0.515. The number of nitrogens with zero attached hydrogens (tertiary/aromatic N) is 3. The van der Waals surface area contributed by atoms with E-state index < -0.39 is 4.92 Å². The molecule has 0 aliphatic rings. The van der Waals surface area contributed by atoms with Gasteiger partial charge in [-0.2, -0.15) is 5.10 Å². The molecule has 1 heterocycles. The quantitative estimate of drug-likeness (QED) is 0.417. The molecule has 1 N–H and O–H groups in total. The predicted molar refractivity (Wildman–Crippen MR) is 112 cm³/mol. The maximum Gasteiger partial charge on any atom is 0.275 e. The summed E-state index contributed by atoms with van der Waals surface area (Å²) in [7, 11) is 0. The van der Waals surface area contributed by atoms with Crippen LogP contribution in [-0.2, 0) is 11.3 Å². The van der Waals surface area contributed by atoms with Crippen molar-refractivity contribution in [3.63, 3.8) is 0 Å². The number of amides is 1. The molecular weight excluding hydrogens is 440 g/mol. The molecule has 0 spiro atoms. The van der Waals surface area contributed by atoms with E-state index in [1.54, 1.807) is 18.5 Å². The van der Waals surface area contributed by atoms with E-state index in [-0.39, 0.29) is 29.6 Å². The molecule has 0 radical (unpaired) electrons. The molecule has 0 fully saturated rings. The lowest BCUT2D eigenvalue weighted by atomic mass is 10.1. The summed E-state index contributed by atoms with van der Waals surface area (Å²) in [5, 5.41) is 18.0. The number of benzene rings is 2. The summed E-state index contributed by atoms with van der Waals surface area (Å²) in [5.41, 5.74) is 3.11. The maximum absolute atomic E-state index is 12.3. The van der Waals surface area contributed by atoms with E-state index in [0.717, 1.165) is 21.2 Å². The zero-order valence-electron chi connectivity index (χ0n) is 16.1. The number of carbonyl (C=O) groups is 1. The second kappa shape index (κ2) is 8.44. The number of halogens is 1. The minimum absolute atomic E-state index is 0.0271. The van der Waals surface area contributed by atoms with Crippen LogP contribution < -0.4 is 10.1 Å². The molecule has 0 bridgehead atoms. The van der Waals surface area contributed by atoms with Gasteiger partial charge in [-0.25, -0.2) is 0 Å². The highest BCUT2D eigenvalue weighted by atomic mass is 79.9. The molecule has 1 aromatic heterocycles. The SMILES string of the molecule is Cc1cc(C)c(C)c(Oc2cc(NC(=O)Cn3cc(Br)cn3)cc([N+](=O)[O-])c2)c1. The van der Waals surface area contributed by atoms with Crippen LogP contribution in [0.3, 0.4) is 0 Å². The lowest BCUT2D eigenvalue weighted by Gasteiger charge is -2.13. The Morgan fingerprint density at radius 3 is 2.66 bits per heavy atom. The van der Waals surface area contributed by atoms with E-state index in [9.17, 15) is 14.9 Å². The van der Waals surface area contributed by atoms with Crippen LogP contribution in [-0.4, -0.2) is 20.6 Å². The molecule has 9 heteroatoms. The highest BCUT2D eigenvalue weighted by Crippen LogP contribution is 2.32. The first kappa shape index (κ1) is 20.5. The van der Waals surface area contributed by atoms with Crippen LogP contribution in [0.1, 0.15) is 16.7 Å². The van der Waals surface area contributed by atoms with Crippen molar-refractivity contribution < 1.29 is 14.5 Å². The van der Waals surface area contributed by atoms with Crippen LogP contribution in [0.5, 0.6) is 11.5 Å². The number of anilines is 1. The van der Waals surface area contributed by atoms with Gasteiger partial charge in [-0.15, -0.1) is 0 Å². The number of rotatable bonds is 6. The fraction of sp³-hybridized carbons (Fsp3) is 0.200. The number of aromatic nitrogens is 2. The predicted octanol–water partition coefficient (Wildman–Crippen LogP) is 4.91. The van der Waals surface area contributed by atoms with Crippen LogP contribution >= 0.6 is 15.9 Å². The van der Waals surface area contributed by atoms with Gasteiger partial charge in [0.15, 0.2) is 0 Å². The van der Waals surface area contributed by atoms with E-state index in [1.165, 1.54) is 16.8 Å². The molecule has 3 aromatic rings. The van der Waals surface area contributed by atoms with Gasteiger partial charge in [-0.05, 0) is 59.5 Å². The lowest BCUT2D eigenvalue weighted by Crippen LogP contribution is -2.19. The molecule has 0 atom stereocenters. The Morgan fingerprint density at radius 1 is 1.24 bits per heavy atom. The average Bonchev–Trinajstić information content (AvgIpc) is 3.03.